The van der Waals surface area contributed by atoms with E-state index in [4.69, 9.17) is 5.11 Å². The molecular formula is C14H26N2O3. The van der Waals surface area contributed by atoms with Crippen LogP contribution >= 0.6 is 0 Å². The van der Waals surface area contributed by atoms with E-state index in [9.17, 15) is 9.59 Å². The van der Waals surface area contributed by atoms with Crippen molar-refractivity contribution in [3.63, 3.8) is 0 Å². The van der Waals surface area contributed by atoms with Gasteiger partial charge in [-0.15, -0.1) is 0 Å². The van der Waals surface area contributed by atoms with Gasteiger partial charge in [-0.2, -0.15) is 0 Å². The number of carbonyl (C=O) groups excluding carboxylic acids is 1. The Morgan fingerprint density at radius 2 is 2.05 bits per heavy atom. The number of carbonyl (C=O) groups is 2. The van der Waals surface area contributed by atoms with E-state index in [2.05, 4.69) is 11.8 Å². The van der Waals surface area contributed by atoms with Crippen LogP contribution in [0.5, 0.6) is 0 Å². The first kappa shape index (κ1) is 16.0. The molecule has 19 heavy (non-hydrogen) atoms. The van der Waals surface area contributed by atoms with Crippen LogP contribution in [0, 0.1) is 5.41 Å². The summed E-state index contributed by atoms with van der Waals surface area (Å²) in [5.41, 5.74) is -0.995. The predicted octanol–water partition coefficient (Wildman–Crippen LogP) is 1.43. The van der Waals surface area contributed by atoms with Gasteiger partial charge in [-0.05, 0) is 39.8 Å². The van der Waals surface area contributed by atoms with Gasteiger partial charge in [0.15, 0.2) is 0 Å². The first-order valence-corrected chi connectivity index (χ1v) is 6.99. The summed E-state index contributed by atoms with van der Waals surface area (Å²) in [4.78, 5) is 27.2. The number of carboxylic acid groups (broad SMARTS) is 1. The zero-order valence-corrected chi connectivity index (χ0v) is 12.5. The maximum Gasteiger partial charge on any atom is 0.309 e. The molecule has 5 nitrogen and oxygen atoms in total. The van der Waals surface area contributed by atoms with E-state index in [0.717, 1.165) is 19.5 Å². The highest BCUT2D eigenvalue weighted by Gasteiger charge is 2.32. The molecule has 1 aliphatic rings. The third kappa shape index (κ3) is 4.20. The third-order valence-corrected chi connectivity index (χ3v) is 3.99. The van der Waals surface area contributed by atoms with Crippen LogP contribution in [0.15, 0.2) is 0 Å². The Hall–Kier alpha value is -1.10. The van der Waals surface area contributed by atoms with Crippen LogP contribution in [-0.4, -0.2) is 59.5 Å². The molecule has 0 aromatic rings. The van der Waals surface area contributed by atoms with Gasteiger partial charge in [0.05, 0.1) is 5.41 Å². The van der Waals surface area contributed by atoms with Gasteiger partial charge in [-0.3, -0.25) is 14.5 Å². The molecule has 0 aromatic heterocycles. The highest BCUT2D eigenvalue weighted by atomic mass is 16.4. The molecule has 1 aliphatic heterocycles. The number of carboxylic acids is 1. The van der Waals surface area contributed by atoms with Gasteiger partial charge >= 0.3 is 5.97 Å². The molecule has 5 heteroatoms. The lowest BCUT2D eigenvalue weighted by atomic mass is 9.89. The SMILES string of the molecule is CCN1CCCC1CN(C)C(=O)CC(C)(C)C(=O)O. The quantitative estimate of drug-likeness (QED) is 0.793. The topological polar surface area (TPSA) is 60.9 Å². The fourth-order valence-corrected chi connectivity index (χ4v) is 2.52. The summed E-state index contributed by atoms with van der Waals surface area (Å²) in [5.74, 6) is -1.01. The largest absolute Gasteiger partial charge is 0.481 e. The third-order valence-electron chi connectivity index (χ3n) is 3.99. The van der Waals surface area contributed by atoms with Crippen molar-refractivity contribution in [3.8, 4) is 0 Å². The first-order valence-electron chi connectivity index (χ1n) is 6.99. The summed E-state index contributed by atoms with van der Waals surface area (Å²) >= 11 is 0. The molecule has 1 amide bonds. The Labute approximate surface area is 115 Å². The molecule has 110 valence electrons. The minimum atomic E-state index is -0.995. The summed E-state index contributed by atoms with van der Waals surface area (Å²) in [5, 5.41) is 9.06. The Balaban J connectivity index is 2.51. The second kappa shape index (κ2) is 6.37. The van der Waals surface area contributed by atoms with Crippen LogP contribution in [-0.2, 0) is 9.59 Å². The molecule has 1 fully saturated rings. The number of nitrogens with zero attached hydrogens (tertiary/aromatic N) is 2. The Kier molecular flexibility index (Phi) is 5.35. The van der Waals surface area contributed by atoms with Crippen LogP contribution in [0.3, 0.4) is 0 Å². The van der Waals surface area contributed by atoms with Crippen LogP contribution in [0.25, 0.3) is 0 Å². The maximum absolute atomic E-state index is 12.1. The maximum atomic E-state index is 12.1. The van der Waals surface area contributed by atoms with Crippen molar-refractivity contribution in [3.05, 3.63) is 0 Å². The Morgan fingerprint density at radius 1 is 1.42 bits per heavy atom. The van der Waals surface area contributed by atoms with Crippen molar-refractivity contribution in [2.45, 2.75) is 46.1 Å². The van der Waals surface area contributed by atoms with Crippen molar-refractivity contribution < 1.29 is 14.7 Å². The van der Waals surface area contributed by atoms with E-state index in [1.165, 1.54) is 6.42 Å². The molecule has 0 spiro atoms. The summed E-state index contributed by atoms with van der Waals surface area (Å²) in [6.45, 7) is 8.12. The van der Waals surface area contributed by atoms with Crippen LogP contribution in [0.1, 0.15) is 40.0 Å². The van der Waals surface area contributed by atoms with E-state index in [1.54, 1.807) is 25.8 Å². The average molecular weight is 270 g/mol. The minimum absolute atomic E-state index is 0.0533. The molecule has 1 saturated heterocycles. The zero-order chi connectivity index (χ0) is 14.6. The van der Waals surface area contributed by atoms with Crippen molar-refractivity contribution in [1.82, 2.24) is 9.80 Å². The lowest BCUT2D eigenvalue weighted by molar-refractivity contribution is -0.151. The van der Waals surface area contributed by atoms with Gasteiger partial charge in [0.2, 0.25) is 5.91 Å². The van der Waals surface area contributed by atoms with Gasteiger partial charge in [-0.25, -0.2) is 0 Å². The van der Waals surface area contributed by atoms with E-state index < -0.39 is 11.4 Å². The van der Waals surface area contributed by atoms with E-state index >= 15 is 0 Å². The lowest BCUT2D eigenvalue weighted by Crippen LogP contribution is -2.42. The molecule has 0 radical (unpaired) electrons. The second-order valence-corrected chi connectivity index (χ2v) is 6.06. The normalized spacial score (nSPS) is 20.5. The highest BCUT2D eigenvalue weighted by molar-refractivity contribution is 5.84. The monoisotopic (exact) mass is 270 g/mol. The minimum Gasteiger partial charge on any atom is -0.481 e. The summed E-state index contributed by atoms with van der Waals surface area (Å²) < 4.78 is 0. The highest BCUT2D eigenvalue weighted by Crippen LogP contribution is 2.22. The van der Waals surface area contributed by atoms with Crippen molar-refractivity contribution in [2.75, 3.05) is 26.7 Å². The molecule has 0 aromatic carbocycles. The van der Waals surface area contributed by atoms with Crippen molar-refractivity contribution >= 4 is 11.9 Å². The summed E-state index contributed by atoms with van der Waals surface area (Å²) in [7, 11) is 1.77. The fourth-order valence-electron chi connectivity index (χ4n) is 2.52. The number of aliphatic carboxylic acids is 1. The van der Waals surface area contributed by atoms with Gasteiger partial charge in [0, 0.05) is 26.1 Å². The molecule has 1 atom stereocenters. The lowest BCUT2D eigenvalue weighted by Gasteiger charge is -2.29. The molecule has 0 aliphatic carbocycles. The smallest absolute Gasteiger partial charge is 0.309 e. The van der Waals surface area contributed by atoms with Gasteiger partial charge in [0.1, 0.15) is 0 Å². The average Bonchev–Trinajstić information content (AvgIpc) is 2.75. The first-order chi connectivity index (χ1) is 8.77. The number of likely N-dealkylation sites (N-methyl/N-ethyl adjacent to an activating group) is 2. The predicted molar refractivity (Wildman–Crippen MR) is 73.9 cm³/mol. The number of rotatable bonds is 6. The van der Waals surface area contributed by atoms with E-state index in [0.29, 0.717) is 12.6 Å². The molecule has 1 unspecified atom stereocenters. The van der Waals surface area contributed by atoms with Crippen molar-refractivity contribution in [2.24, 2.45) is 5.41 Å². The second-order valence-electron chi connectivity index (χ2n) is 6.06. The van der Waals surface area contributed by atoms with E-state index in [-0.39, 0.29) is 12.3 Å². The van der Waals surface area contributed by atoms with Gasteiger partial charge < -0.3 is 10.0 Å². The number of hydrogen-bond donors (Lipinski definition) is 1. The molecule has 0 saturated carbocycles. The molecular weight excluding hydrogens is 244 g/mol. The van der Waals surface area contributed by atoms with E-state index in [1.807, 2.05) is 0 Å². The van der Waals surface area contributed by atoms with Crippen LogP contribution in [0.4, 0.5) is 0 Å². The number of hydrogen-bond acceptors (Lipinski definition) is 3. The van der Waals surface area contributed by atoms with Gasteiger partial charge in [0.25, 0.3) is 0 Å². The number of likely N-dealkylation sites (tertiary alicyclic amines) is 1. The molecule has 1 rings (SSSR count). The standard InChI is InChI=1S/C14H26N2O3/c1-5-16-8-6-7-11(16)10-15(4)12(17)9-14(2,3)13(18)19/h11H,5-10H2,1-4H3,(H,18,19). The molecule has 0 bridgehead atoms. The molecule has 1 N–H and O–H groups in total. The summed E-state index contributed by atoms with van der Waals surface area (Å²) in [6, 6.07) is 0.423. The van der Waals surface area contributed by atoms with Crippen LogP contribution in [0.2, 0.25) is 0 Å². The zero-order valence-electron chi connectivity index (χ0n) is 12.5. The Morgan fingerprint density at radius 3 is 2.58 bits per heavy atom. The van der Waals surface area contributed by atoms with Crippen LogP contribution < -0.4 is 0 Å². The summed E-state index contributed by atoms with van der Waals surface area (Å²) in [6.07, 6.45) is 2.35. The number of amides is 1. The Bertz CT molecular complexity index is 342. The molecule has 1 heterocycles. The van der Waals surface area contributed by atoms with Gasteiger partial charge in [-0.1, -0.05) is 6.92 Å². The van der Waals surface area contributed by atoms with Crippen molar-refractivity contribution in [1.29, 1.82) is 0 Å². The fraction of sp³-hybridized carbons (Fsp3) is 0.857.